The van der Waals surface area contributed by atoms with Crippen molar-refractivity contribution in [2.24, 2.45) is 5.92 Å². The molecule has 0 aliphatic heterocycles. The van der Waals surface area contributed by atoms with E-state index < -0.39 is 0 Å². The average molecular weight is 198 g/mol. The zero-order valence-corrected chi connectivity index (χ0v) is 10.3. The highest BCUT2D eigenvalue weighted by molar-refractivity contribution is 4.86. The summed E-state index contributed by atoms with van der Waals surface area (Å²) in [4.78, 5) is 0. The Morgan fingerprint density at radius 1 is 1.00 bits per heavy atom. The van der Waals surface area contributed by atoms with E-state index in [0.29, 0.717) is 6.10 Å². The third-order valence-electron chi connectivity index (χ3n) is 3.03. The second-order valence-corrected chi connectivity index (χ2v) is 5.51. The summed E-state index contributed by atoms with van der Waals surface area (Å²) in [5, 5.41) is 0. The first-order valence-electron chi connectivity index (χ1n) is 6.22. The molecule has 1 aliphatic rings. The van der Waals surface area contributed by atoms with E-state index >= 15 is 0 Å². The van der Waals surface area contributed by atoms with Gasteiger partial charge in [0.05, 0.1) is 11.7 Å². The van der Waals surface area contributed by atoms with Crippen LogP contribution >= 0.6 is 0 Å². The standard InChI is InChI=1S/C13H26O/c1-11(2)10-13(14-12(3)4)8-6-5-7-9-13/h11-12H,5-10H2,1-4H3. The van der Waals surface area contributed by atoms with Crippen LogP contribution in [0.4, 0.5) is 0 Å². The monoisotopic (exact) mass is 198 g/mol. The Kier molecular flexibility index (Phi) is 4.43. The zero-order valence-electron chi connectivity index (χ0n) is 10.3. The molecule has 1 aliphatic carbocycles. The minimum atomic E-state index is 0.223. The van der Waals surface area contributed by atoms with Gasteiger partial charge in [-0.05, 0) is 39.0 Å². The lowest BCUT2D eigenvalue weighted by atomic mass is 9.79. The molecule has 1 fully saturated rings. The molecule has 0 radical (unpaired) electrons. The quantitative estimate of drug-likeness (QED) is 0.659. The van der Waals surface area contributed by atoms with Crippen LogP contribution in [0.25, 0.3) is 0 Å². The predicted octanol–water partition coefficient (Wildman–Crippen LogP) is 4.16. The van der Waals surface area contributed by atoms with Crippen molar-refractivity contribution in [3.8, 4) is 0 Å². The van der Waals surface area contributed by atoms with E-state index in [1.807, 2.05) is 0 Å². The molecule has 0 heterocycles. The fourth-order valence-electron chi connectivity index (χ4n) is 2.81. The minimum absolute atomic E-state index is 0.223. The molecule has 1 saturated carbocycles. The van der Waals surface area contributed by atoms with Gasteiger partial charge >= 0.3 is 0 Å². The lowest BCUT2D eigenvalue weighted by Gasteiger charge is -2.40. The second kappa shape index (κ2) is 5.16. The normalized spacial score (nSPS) is 21.9. The van der Waals surface area contributed by atoms with Crippen LogP contribution in [-0.4, -0.2) is 11.7 Å². The maximum absolute atomic E-state index is 6.19. The summed E-state index contributed by atoms with van der Waals surface area (Å²) in [6, 6.07) is 0. The SMILES string of the molecule is CC(C)CC1(OC(C)C)CCCCC1. The summed E-state index contributed by atoms with van der Waals surface area (Å²) in [7, 11) is 0. The Balaban J connectivity index is 2.57. The van der Waals surface area contributed by atoms with Crippen LogP contribution in [0.15, 0.2) is 0 Å². The van der Waals surface area contributed by atoms with E-state index in [-0.39, 0.29) is 5.60 Å². The van der Waals surface area contributed by atoms with Gasteiger partial charge in [-0.2, -0.15) is 0 Å². The molecule has 0 amide bonds. The van der Waals surface area contributed by atoms with Gasteiger partial charge in [0.1, 0.15) is 0 Å². The minimum Gasteiger partial charge on any atom is -0.372 e. The van der Waals surface area contributed by atoms with Crippen LogP contribution in [0.5, 0.6) is 0 Å². The van der Waals surface area contributed by atoms with Crippen molar-refractivity contribution in [3.05, 3.63) is 0 Å². The molecule has 0 bridgehead atoms. The first-order valence-corrected chi connectivity index (χ1v) is 6.22. The van der Waals surface area contributed by atoms with Crippen LogP contribution in [0.3, 0.4) is 0 Å². The number of rotatable bonds is 4. The zero-order chi connectivity index (χ0) is 10.6. The van der Waals surface area contributed by atoms with Crippen LogP contribution < -0.4 is 0 Å². The summed E-state index contributed by atoms with van der Waals surface area (Å²) in [5.41, 5.74) is 0.223. The highest BCUT2D eigenvalue weighted by Gasteiger charge is 2.34. The van der Waals surface area contributed by atoms with Gasteiger partial charge < -0.3 is 4.74 Å². The van der Waals surface area contributed by atoms with Crippen molar-refractivity contribution in [1.29, 1.82) is 0 Å². The molecule has 0 unspecified atom stereocenters. The third-order valence-corrected chi connectivity index (χ3v) is 3.03. The van der Waals surface area contributed by atoms with Crippen molar-refractivity contribution in [3.63, 3.8) is 0 Å². The Labute approximate surface area is 89.2 Å². The van der Waals surface area contributed by atoms with Gasteiger partial charge in [0.2, 0.25) is 0 Å². The third kappa shape index (κ3) is 3.61. The molecule has 0 N–H and O–H groups in total. The summed E-state index contributed by atoms with van der Waals surface area (Å²) < 4.78 is 6.19. The van der Waals surface area contributed by atoms with Crippen molar-refractivity contribution in [2.75, 3.05) is 0 Å². The maximum atomic E-state index is 6.19. The smallest absolute Gasteiger partial charge is 0.0688 e. The molecule has 1 heteroatoms. The number of hydrogen-bond donors (Lipinski definition) is 0. The van der Waals surface area contributed by atoms with Crippen LogP contribution in [0.1, 0.15) is 66.2 Å². The Bertz CT molecular complexity index is 143. The van der Waals surface area contributed by atoms with Crippen molar-refractivity contribution >= 4 is 0 Å². The molecular weight excluding hydrogens is 172 g/mol. The number of ether oxygens (including phenoxy) is 1. The molecule has 0 atom stereocenters. The fraction of sp³-hybridized carbons (Fsp3) is 1.00. The number of hydrogen-bond acceptors (Lipinski definition) is 1. The first-order chi connectivity index (χ1) is 6.54. The van der Waals surface area contributed by atoms with Gasteiger partial charge in [0.25, 0.3) is 0 Å². The van der Waals surface area contributed by atoms with E-state index in [2.05, 4.69) is 27.7 Å². The van der Waals surface area contributed by atoms with Crippen molar-refractivity contribution < 1.29 is 4.74 Å². The predicted molar refractivity (Wildman–Crippen MR) is 61.5 cm³/mol. The molecule has 0 spiro atoms. The van der Waals surface area contributed by atoms with E-state index in [4.69, 9.17) is 4.74 Å². The van der Waals surface area contributed by atoms with Gasteiger partial charge in [0.15, 0.2) is 0 Å². The molecule has 84 valence electrons. The highest BCUT2D eigenvalue weighted by Crippen LogP contribution is 2.37. The van der Waals surface area contributed by atoms with E-state index in [1.165, 1.54) is 38.5 Å². The molecule has 1 rings (SSSR count). The molecule has 0 aromatic rings. The van der Waals surface area contributed by atoms with Crippen molar-refractivity contribution in [1.82, 2.24) is 0 Å². The second-order valence-electron chi connectivity index (χ2n) is 5.51. The molecular formula is C13H26O. The Morgan fingerprint density at radius 3 is 2.00 bits per heavy atom. The van der Waals surface area contributed by atoms with Gasteiger partial charge in [-0.3, -0.25) is 0 Å². The average Bonchev–Trinajstić information content (AvgIpc) is 2.01. The van der Waals surface area contributed by atoms with Crippen LogP contribution in [-0.2, 0) is 4.74 Å². The Morgan fingerprint density at radius 2 is 1.57 bits per heavy atom. The van der Waals surface area contributed by atoms with E-state index in [1.54, 1.807) is 0 Å². The largest absolute Gasteiger partial charge is 0.372 e. The topological polar surface area (TPSA) is 9.23 Å². The summed E-state index contributed by atoms with van der Waals surface area (Å²) in [5.74, 6) is 0.756. The highest BCUT2D eigenvalue weighted by atomic mass is 16.5. The Hall–Kier alpha value is -0.0400. The molecule has 0 aromatic heterocycles. The molecule has 1 nitrogen and oxygen atoms in total. The summed E-state index contributed by atoms with van der Waals surface area (Å²) >= 11 is 0. The van der Waals surface area contributed by atoms with Gasteiger partial charge in [-0.1, -0.05) is 33.1 Å². The van der Waals surface area contributed by atoms with Gasteiger partial charge in [-0.15, -0.1) is 0 Å². The van der Waals surface area contributed by atoms with Crippen LogP contribution in [0, 0.1) is 5.92 Å². The van der Waals surface area contributed by atoms with E-state index in [9.17, 15) is 0 Å². The first kappa shape index (κ1) is 12.0. The van der Waals surface area contributed by atoms with Gasteiger partial charge in [-0.25, -0.2) is 0 Å². The summed E-state index contributed by atoms with van der Waals surface area (Å²) in [6.45, 7) is 8.94. The van der Waals surface area contributed by atoms with Crippen molar-refractivity contribution in [2.45, 2.75) is 77.9 Å². The molecule has 0 aromatic carbocycles. The summed E-state index contributed by atoms with van der Waals surface area (Å²) in [6.07, 6.45) is 8.31. The fourth-order valence-corrected chi connectivity index (χ4v) is 2.81. The van der Waals surface area contributed by atoms with Crippen LogP contribution in [0.2, 0.25) is 0 Å². The van der Waals surface area contributed by atoms with Gasteiger partial charge in [0, 0.05) is 0 Å². The molecule has 14 heavy (non-hydrogen) atoms. The molecule has 0 saturated heterocycles. The lowest BCUT2D eigenvalue weighted by Crippen LogP contribution is -2.38. The maximum Gasteiger partial charge on any atom is 0.0688 e. The van der Waals surface area contributed by atoms with E-state index in [0.717, 1.165) is 5.92 Å². The lowest BCUT2D eigenvalue weighted by molar-refractivity contribution is -0.112.